The van der Waals surface area contributed by atoms with E-state index in [-0.39, 0.29) is 0 Å². The first-order valence-corrected chi connectivity index (χ1v) is 3.89. The van der Waals surface area contributed by atoms with Crippen LogP contribution in [0.1, 0.15) is 25.1 Å². The van der Waals surface area contributed by atoms with Crippen molar-refractivity contribution in [2.75, 3.05) is 6.61 Å². The second-order valence-electron chi connectivity index (χ2n) is 2.31. The summed E-state index contributed by atoms with van der Waals surface area (Å²) in [5.74, 6) is 1.00. The summed E-state index contributed by atoms with van der Waals surface area (Å²) in [6.07, 6.45) is 2.50. The van der Waals surface area contributed by atoms with E-state index in [1.807, 2.05) is 6.92 Å². The highest BCUT2D eigenvalue weighted by molar-refractivity contribution is 5.32. The normalized spacial score (nSPS) is 10.1. The van der Waals surface area contributed by atoms with Crippen LogP contribution in [-0.4, -0.2) is 16.7 Å². The molecule has 0 saturated heterocycles. The fraction of sp³-hybridized carbons (Fsp3) is 0.500. The zero-order chi connectivity index (χ0) is 8.81. The van der Waals surface area contributed by atoms with Gasteiger partial charge in [-0.25, -0.2) is 0 Å². The third kappa shape index (κ3) is 2.47. The molecule has 1 rings (SSSR count). The Morgan fingerprint density at radius 1 is 1.67 bits per heavy atom. The molecule has 0 saturated carbocycles. The molecule has 4 nitrogen and oxygen atoms in total. The van der Waals surface area contributed by atoms with Crippen LogP contribution in [0.4, 0.5) is 0 Å². The molecule has 1 heterocycles. The van der Waals surface area contributed by atoms with E-state index in [4.69, 9.17) is 9.26 Å². The van der Waals surface area contributed by atoms with Gasteiger partial charge in [0.25, 0.3) is 0 Å². The fourth-order valence-electron chi connectivity index (χ4n) is 0.717. The molecule has 0 aliphatic rings. The van der Waals surface area contributed by atoms with Gasteiger partial charge < -0.3 is 9.26 Å². The van der Waals surface area contributed by atoms with Crippen molar-refractivity contribution in [1.29, 1.82) is 0 Å². The van der Waals surface area contributed by atoms with Gasteiger partial charge in [0.2, 0.25) is 5.89 Å². The van der Waals surface area contributed by atoms with Gasteiger partial charge in [0.05, 0.1) is 0 Å². The first-order chi connectivity index (χ1) is 5.86. The average Bonchev–Trinajstić information content (AvgIpc) is 2.53. The smallest absolute Gasteiger partial charge is 0.250 e. The maximum absolute atomic E-state index is 5.21. The van der Waals surface area contributed by atoms with Crippen LogP contribution < -0.4 is 0 Å². The topological polar surface area (TPSA) is 48.2 Å². The summed E-state index contributed by atoms with van der Waals surface area (Å²) in [4.78, 5) is 3.98. The Morgan fingerprint density at radius 3 is 3.08 bits per heavy atom. The summed E-state index contributed by atoms with van der Waals surface area (Å²) < 4.78 is 9.99. The predicted octanol–water partition coefficient (Wildman–Crippen LogP) is 1.64. The van der Waals surface area contributed by atoms with Crippen molar-refractivity contribution in [3.63, 3.8) is 0 Å². The number of rotatable bonds is 5. The van der Waals surface area contributed by atoms with Crippen molar-refractivity contribution in [3.05, 3.63) is 18.3 Å². The van der Waals surface area contributed by atoms with E-state index in [2.05, 4.69) is 16.7 Å². The molecule has 0 atom stereocenters. The molecule has 1 aromatic heterocycles. The highest BCUT2D eigenvalue weighted by Gasteiger charge is 2.01. The van der Waals surface area contributed by atoms with Crippen molar-refractivity contribution in [2.45, 2.75) is 20.0 Å². The van der Waals surface area contributed by atoms with Crippen LogP contribution in [0.15, 0.2) is 11.1 Å². The molecule has 66 valence electrons. The number of hydrogen-bond acceptors (Lipinski definition) is 4. The molecule has 4 heteroatoms. The van der Waals surface area contributed by atoms with Gasteiger partial charge in [0, 0.05) is 6.61 Å². The molecule has 0 radical (unpaired) electrons. The quantitative estimate of drug-likeness (QED) is 0.627. The van der Waals surface area contributed by atoms with E-state index in [9.17, 15) is 0 Å². The van der Waals surface area contributed by atoms with Crippen molar-refractivity contribution in [2.24, 2.45) is 0 Å². The van der Waals surface area contributed by atoms with Crippen LogP contribution in [0.5, 0.6) is 0 Å². The van der Waals surface area contributed by atoms with Crippen LogP contribution >= 0.6 is 0 Å². The van der Waals surface area contributed by atoms with Gasteiger partial charge in [-0.3, -0.25) is 0 Å². The van der Waals surface area contributed by atoms with E-state index in [0.717, 1.165) is 13.0 Å². The molecule has 0 unspecified atom stereocenters. The van der Waals surface area contributed by atoms with Gasteiger partial charge in [-0.1, -0.05) is 18.7 Å². The highest BCUT2D eigenvalue weighted by Crippen LogP contribution is 1.99. The van der Waals surface area contributed by atoms with Crippen molar-refractivity contribution < 1.29 is 9.26 Å². The summed E-state index contributed by atoms with van der Waals surface area (Å²) in [7, 11) is 0. The molecule has 0 amide bonds. The summed E-state index contributed by atoms with van der Waals surface area (Å²) in [6.45, 7) is 6.68. The molecule has 0 aliphatic heterocycles. The Kier molecular flexibility index (Phi) is 3.47. The summed E-state index contributed by atoms with van der Waals surface area (Å²) >= 11 is 0. The Bertz CT molecular complexity index is 245. The Morgan fingerprint density at radius 2 is 2.50 bits per heavy atom. The maximum atomic E-state index is 5.21. The minimum Gasteiger partial charge on any atom is -0.373 e. The van der Waals surface area contributed by atoms with Gasteiger partial charge in [-0.05, 0) is 12.5 Å². The minimum atomic E-state index is 0.408. The second-order valence-corrected chi connectivity index (χ2v) is 2.31. The predicted molar refractivity (Wildman–Crippen MR) is 44.3 cm³/mol. The number of hydrogen-bond donors (Lipinski definition) is 0. The van der Waals surface area contributed by atoms with Crippen LogP contribution in [0.25, 0.3) is 6.08 Å². The molecule has 0 bridgehead atoms. The standard InChI is InChI=1S/C8H12N2O2/c1-3-5-11-6-7-9-8(4-2)12-10-7/h4H,2-3,5-6H2,1H3. The van der Waals surface area contributed by atoms with Gasteiger partial charge in [-0.15, -0.1) is 0 Å². The summed E-state index contributed by atoms with van der Waals surface area (Å²) in [5, 5.41) is 3.68. The molecule has 0 aromatic carbocycles. The van der Waals surface area contributed by atoms with Gasteiger partial charge in [-0.2, -0.15) is 4.98 Å². The largest absolute Gasteiger partial charge is 0.373 e. The fourth-order valence-corrected chi connectivity index (χ4v) is 0.717. The van der Waals surface area contributed by atoms with E-state index in [1.54, 1.807) is 0 Å². The lowest BCUT2D eigenvalue weighted by molar-refractivity contribution is 0.114. The van der Waals surface area contributed by atoms with Gasteiger partial charge in [0.15, 0.2) is 5.82 Å². The SMILES string of the molecule is C=Cc1nc(COCCC)no1. The summed E-state index contributed by atoms with van der Waals surface area (Å²) in [6, 6.07) is 0. The van der Waals surface area contributed by atoms with Crippen LogP contribution in [0.3, 0.4) is 0 Å². The lowest BCUT2D eigenvalue weighted by Crippen LogP contribution is -1.95. The highest BCUT2D eigenvalue weighted by atomic mass is 16.5. The number of nitrogens with zero attached hydrogens (tertiary/aromatic N) is 2. The van der Waals surface area contributed by atoms with Gasteiger partial charge >= 0.3 is 0 Å². The Balaban J connectivity index is 2.36. The molecular formula is C8H12N2O2. The first kappa shape index (κ1) is 8.93. The van der Waals surface area contributed by atoms with Crippen LogP contribution in [0, 0.1) is 0 Å². The summed E-state index contributed by atoms with van der Waals surface area (Å²) in [5.41, 5.74) is 0. The van der Waals surface area contributed by atoms with E-state index in [0.29, 0.717) is 18.3 Å². The van der Waals surface area contributed by atoms with Crippen molar-refractivity contribution >= 4 is 6.08 Å². The van der Waals surface area contributed by atoms with E-state index in [1.165, 1.54) is 6.08 Å². The van der Waals surface area contributed by atoms with E-state index >= 15 is 0 Å². The third-order valence-corrected chi connectivity index (χ3v) is 1.24. The van der Waals surface area contributed by atoms with Crippen molar-refractivity contribution in [3.8, 4) is 0 Å². The Hall–Kier alpha value is -1.16. The Labute approximate surface area is 71.2 Å². The molecular weight excluding hydrogens is 156 g/mol. The molecule has 12 heavy (non-hydrogen) atoms. The third-order valence-electron chi connectivity index (χ3n) is 1.24. The number of ether oxygens (including phenoxy) is 1. The molecule has 0 N–H and O–H groups in total. The molecule has 0 spiro atoms. The first-order valence-electron chi connectivity index (χ1n) is 3.89. The molecule has 0 fully saturated rings. The monoisotopic (exact) mass is 168 g/mol. The lowest BCUT2D eigenvalue weighted by Gasteiger charge is -1.95. The average molecular weight is 168 g/mol. The maximum Gasteiger partial charge on any atom is 0.250 e. The van der Waals surface area contributed by atoms with Crippen LogP contribution in [-0.2, 0) is 11.3 Å². The number of aromatic nitrogens is 2. The minimum absolute atomic E-state index is 0.408. The zero-order valence-electron chi connectivity index (χ0n) is 7.12. The van der Waals surface area contributed by atoms with Crippen molar-refractivity contribution in [1.82, 2.24) is 10.1 Å². The van der Waals surface area contributed by atoms with Gasteiger partial charge in [0.1, 0.15) is 6.61 Å². The molecule has 1 aromatic rings. The van der Waals surface area contributed by atoms with Crippen LogP contribution in [0.2, 0.25) is 0 Å². The zero-order valence-corrected chi connectivity index (χ0v) is 7.12. The second kappa shape index (κ2) is 4.66. The molecule has 0 aliphatic carbocycles. The van der Waals surface area contributed by atoms with E-state index < -0.39 is 0 Å². The lowest BCUT2D eigenvalue weighted by atomic mass is 10.5.